The fourth-order valence-corrected chi connectivity index (χ4v) is 2.50. The number of rotatable bonds is 5. The van der Waals surface area contributed by atoms with Crippen LogP contribution in [0.25, 0.3) is 10.8 Å². The molecule has 3 aromatic carbocycles. The molecule has 4 heteroatoms. The lowest BCUT2D eigenvalue weighted by Gasteiger charge is -2.12. The fourth-order valence-electron chi connectivity index (χ4n) is 2.50. The summed E-state index contributed by atoms with van der Waals surface area (Å²) in [6.45, 7) is 0.234. The summed E-state index contributed by atoms with van der Waals surface area (Å²) >= 11 is 0. The van der Waals surface area contributed by atoms with Crippen molar-refractivity contribution < 1.29 is 19.4 Å². The van der Waals surface area contributed by atoms with Crippen molar-refractivity contribution in [2.75, 3.05) is 7.11 Å². The lowest BCUT2D eigenvalue weighted by molar-refractivity contribution is 0.0696. The van der Waals surface area contributed by atoms with Gasteiger partial charge in [0.25, 0.3) is 0 Å². The smallest absolute Gasteiger partial charge is 0.335 e. The quantitative estimate of drug-likeness (QED) is 0.770. The van der Waals surface area contributed by atoms with Crippen molar-refractivity contribution in [3.63, 3.8) is 0 Å². The maximum absolute atomic E-state index is 11.1. The highest BCUT2D eigenvalue weighted by atomic mass is 16.5. The normalized spacial score (nSPS) is 10.5. The van der Waals surface area contributed by atoms with Gasteiger partial charge in [0.05, 0.1) is 12.7 Å². The summed E-state index contributed by atoms with van der Waals surface area (Å²) in [6, 6.07) is 18.5. The number of methoxy groups -OCH3 is 1. The topological polar surface area (TPSA) is 55.8 Å². The summed E-state index contributed by atoms with van der Waals surface area (Å²) in [5.74, 6) is 0.389. The van der Waals surface area contributed by atoms with E-state index in [-0.39, 0.29) is 12.2 Å². The molecule has 0 unspecified atom stereocenters. The van der Waals surface area contributed by atoms with Gasteiger partial charge in [0.15, 0.2) is 0 Å². The van der Waals surface area contributed by atoms with Crippen molar-refractivity contribution >= 4 is 16.7 Å². The lowest BCUT2D eigenvalue weighted by Crippen LogP contribution is -2.03. The van der Waals surface area contributed by atoms with Crippen molar-refractivity contribution in [1.29, 1.82) is 0 Å². The molecule has 0 aliphatic heterocycles. The Hall–Kier alpha value is -3.01. The van der Waals surface area contributed by atoms with Crippen LogP contribution in [0.2, 0.25) is 0 Å². The van der Waals surface area contributed by atoms with Crippen molar-refractivity contribution in [1.82, 2.24) is 0 Å². The Morgan fingerprint density at radius 1 is 1.00 bits per heavy atom. The largest absolute Gasteiger partial charge is 0.496 e. The van der Waals surface area contributed by atoms with Crippen molar-refractivity contribution in [2.45, 2.75) is 6.61 Å². The molecule has 0 saturated carbocycles. The zero-order valence-corrected chi connectivity index (χ0v) is 12.7. The zero-order chi connectivity index (χ0) is 16.2. The first-order valence-corrected chi connectivity index (χ1v) is 7.20. The van der Waals surface area contributed by atoms with Gasteiger partial charge in [0.1, 0.15) is 18.1 Å². The molecule has 0 aromatic heterocycles. The number of carboxylic acid groups (broad SMARTS) is 1. The van der Waals surface area contributed by atoms with Gasteiger partial charge in [-0.05, 0) is 29.7 Å². The van der Waals surface area contributed by atoms with Gasteiger partial charge >= 0.3 is 5.97 Å². The number of aromatic carboxylic acids is 1. The number of hydrogen-bond acceptors (Lipinski definition) is 3. The van der Waals surface area contributed by atoms with Crippen LogP contribution in [0.5, 0.6) is 11.5 Å². The van der Waals surface area contributed by atoms with Crippen molar-refractivity contribution in [2.24, 2.45) is 0 Å². The molecule has 0 aliphatic rings. The third-order valence-corrected chi connectivity index (χ3v) is 3.66. The van der Waals surface area contributed by atoms with Gasteiger partial charge < -0.3 is 14.6 Å². The summed E-state index contributed by atoms with van der Waals surface area (Å²) in [7, 11) is 1.55. The Kier molecular flexibility index (Phi) is 4.15. The highest BCUT2D eigenvalue weighted by Crippen LogP contribution is 2.27. The third-order valence-electron chi connectivity index (χ3n) is 3.66. The minimum Gasteiger partial charge on any atom is -0.496 e. The van der Waals surface area contributed by atoms with Gasteiger partial charge in [-0.25, -0.2) is 4.79 Å². The number of ether oxygens (including phenoxy) is 2. The number of carboxylic acids is 1. The Morgan fingerprint density at radius 2 is 1.78 bits per heavy atom. The summed E-state index contributed by atoms with van der Waals surface area (Å²) in [6.07, 6.45) is 0. The van der Waals surface area contributed by atoms with Crippen LogP contribution in [-0.2, 0) is 6.61 Å². The van der Waals surface area contributed by atoms with Gasteiger partial charge in [0, 0.05) is 10.9 Å². The first-order chi connectivity index (χ1) is 11.2. The first-order valence-electron chi connectivity index (χ1n) is 7.20. The first kappa shape index (κ1) is 14.9. The summed E-state index contributed by atoms with van der Waals surface area (Å²) in [5, 5.41) is 11.2. The predicted molar refractivity (Wildman–Crippen MR) is 88.2 cm³/mol. The standard InChI is InChI=1S/C19H16O4/c1-22-17-10-9-14(19(20)21)11-15(17)12-23-18-8-4-6-13-5-2-3-7-16(13)18/h2-11H,12H2,1H3,(H,20,21). The second-order valence-electron chi connectivity index (χ2n) is 5.10. The summed E-state index contributed by atoms with van der Waals surface area (Å²) in [5.41, 5.74) is 0.905. The molecule has 23 heavy (non-hydrogen) atoms. The van der Waals surface area contributed by atoms with Gasteiger partial charge in [-0.1, -0.05) is 36.4 Å². The molecule has 0 spiro atoms. The van der Waals surface area contributed by atoms with E-state index in [1.54, 1.807) is 19.2 Å². The molecule has 116 valence electrons. The molecular formula is C19H16O4. The summed E-state index contributed by atoms with van der Waals surface area (Å²) < 4.78 is 11.2. The third kappa shape index (κ3) is 3.11. The van der Waals surface area contributed by atoms with Gasteiger partial charge in [-0.15, -0.1) is 0 Å². The second kappa shape index (κ2) is 6.40. The second-order valence-corrected chi connectivity index (χ2v) is 5.10. The van der Waals surface area contributed by atoms with Crippen molar-refractivity contribution in [3.8, 4) is 11.5 Å². The Morgan fingerprint density at radius 3 is 2.57 bits per heavy atom. The zero-order valence-electron chi connectivity index (χ0n) is 12.7. The van der Waals surface area contributed by atoms with Crippen LogP contribution in [0.3, 0.4) is 0 Å². The summed E-state index contributed by atoms with van der Waals surface area (Å²) in [4.78, 5) is 11.1. The SMILES string of the molecule is COc1ccc(C(=O)O)cc1COc1cccc2ccccc12. The van der Waals surface area contributed by atoms with E-state index in [2.05, 4.69) is 0 Å². The molecule has 0 atom stereocenters. The minimum absolute atomic E-state index is 0.210. The highest BCUT2D eigenvalue weighted by molar-refractivity contribution is 5.89. The van der Waals surface area contributed by atoms with E-state index in [1.165, 1.54) is 6.07 Å². The van der Waals surface area contributed by atoms with E-state index in [0.717, 1.165) is 16.5 Å². The highest BCUT2D eigenvalue weighted by Gasteiger charge is 2.10. The Labute approximate surface area is 133 Å². The van der Waals surface area contributed by atoms with E-state index in [4.69, 9.17) is 14.6 Å². The molecule has 0 saturated heterocycles. The number of hydrogen-bond donors (Lipinski definition) is 1. The van der Waals surface area contributed by atoms with Crippen LogP contribution in [0, 0.1) is 0 Å². The van der Waals surface area contributed by atoms with E-state index >= 15 is 0 Å². The van der Waals surface area contributed by atoms with Crippen LogP contribution < -0.4 is 9.47 Å². The molecule has 0 amide bonds. The predicted octanol–water partition coefficient (Wildman–Crippen LogP) is 4.13. The van der Waals surface area contributed by atoms with E-state index < -0.39 is 5.97 Å². The van der Waals surface area contributed by atoms with Gasteiger partial charge in [0.2, 0.25) is 0 Å². The molecule has 0 bridgehead atoms. The molecule has 0 fully saturated rings. The lowest BCUT2D eigenvalue weighted by atomic mass is 10.1. The number of carbonyl (C=O) groups is 1. The van der Waals surface area contributed by atoms with Crippen LogP contribution in [-0.4, -0.2) is 18.2 Å². The molecule has 1 N–H and O–H groups in total. The average Bonchev–Trinajstić information content (AvgIpc) is 2.59. The fraction of sp³-hybridized carbons (Fsp3) is 0.105. The van der Waals surface area contributed by atoms with Crippen molar-refractivity contribution in [3.05, 3.63) is 71.8 Å². The minimum atomic E-state index is -0.973. The van der Waals surface area contributed by atoms with Crippen LogP contribution in [0.1, 0.15) is 15.9 Å². The Bertz CT molecular complexity index is 850. The van der Waals surface area contributed by atoms with Crippen LogP contribution in [0.4, 0.5) is 0 Å². The number of fused-ring (bicyclic) bond motifs is 1. The molecule has 0 heterocycles. The molecule has 0 radical (unpaired) electrons. The van der Waals surface area contributed by atoms with Gasteiger partial charge in [-0.3, -0.25) is 0 Å². The van der Waals surface area contributed by atoms with E-state index in [9.17, 15) is 4.79 Å². The molecule has 0 aliphatic carbocycles. The van der Waals surface area contributed by atoms with Crippen LogP contribution >= 0.6 is 0 Å². The molecule has 3 aromatic rings. The number of benzene rings is 3. The van der Waals surface area contributed by atoms with Gasteiger partial charge in [-0.2, -0.15) is 0 Å². The monoisotopic (exact) mass is 308 g/mol. The maximum Gasteiger partial charge on any atom is 0.335 e. The van der Waals surface area contributed by atoms with E-state index in [0.29, 0.717) is 11.3 Å². The van der Waals surface area contributed by atoms with E-state index in [1.807, 2.05) is 42.5 Å². The molecular weight excluding hydrogens is 292 g/mol. The molecule has 3 rings (SSSR count). The Balaban J connectivity index is 1.90. The van der Waals surface area contributed by atoms with Crippen LogP contribution in [0.15, 0.2) is 60.7 Å². The molecule has 4 nitrogen and oxygen atoms in total. The maximum atomic E-state index is 11.1. The average molecular weight is 308 g/mol.